The monoisotopic (exact) mass is 322 g/mol. The molecule has 2 aliphatic heterocycles. The number of carbonyl (C=O) groups is 2. The molecule has 2 aliphatic rings. The lowest BCUT2D eigenvalue weighted by atomic mass is 10.1. The molecule has 0 aromatic carbocycles. The van der Waals surface area contributed by atoms with Gasteiger partial charge in [0.25, 0.3) is 5.91 Å². The maximum atomic E-state index is 12.7. The van der Waals surface area contributed by atoms with Crippen molar-refractivity contribution in [2.45, 2.75) is 31.5 Å². The number of hydrogen-bond acceptors (Lipinski definition) is 4. The Morgan fingerprint density at radius 3 is 2.71 bits per heavy atom. The van der Waals surface area contributed by atoms with E-state index in [0.717, 1.165) is 12.0 Å². The molecule has 0 aliphatic carbocycles. The van der Waals surface area contributed by atoms with Crippen molar-refractivity contribution >= 4 is 11.8 Å². The van der Waals surface area contributed by atoms with Gasteiger partial charge in [-0.15, -0.1) is 0 Å². The van der Waals surface area contributed by atoms with Crippen LogP contribution in [0.15, 0.2) is 49.1 Å². The van der Waals surface area contributed by atoms with E-state index >= 15 is 0 Å². The van der Waals surface area contributed by atoms with Crippen molar-refractivity contribution in [3.8, 4) is 0 Å². The molecule has 0 unspecified atom stereocenters. The van der Waals surface area contributed by atoms with Gasteiger partial charge in [0.05, 0.1) is 17.6 Å². The van der Waals surface area contributed by atoms with E-state index in [1.807, 2.05) is 21.9 Å². The number of pyridine rings is 2. The predicted octanol–water partition coefficient (Wildman–Crippen LogP) is 1.49. The maximum absolute atomic E-state index is 12.7. The van der Waals surface area contributed by atoms with E-state index in [2.05, 4.69) is 9.97 Å². The average Bonchev–Trinajstić information content (AvgIpc) is 3.16. The van der Waals surface area contributed by atoms with Gasteiger partial charge in [-0.2, -0.15) is 0 Å². The van der Waals surface area contributed by atoms with E-state index in [-0.39, 0.29) is 23.9 Å². The number of rotatable bonds is 3. The fraction of sp³-hybridized carbons (Fsp3) is 0.333. The first-order valence-corrected chi connectivity index (χ1v) is 8.13. The molecule has 2 atom stereocenters. The van der Waals surface area contributed by atoms with Crippen LogP contribution in [-0.4, -0.2) is 50.2 Å². The third-order valence-electron chi connectivity index (χ3n) is 4.89. The highest BCUT2D eigenvalue weighted by Gasteiger charge is 2.48. The Balaban J connectivity index is 1.52. The number of fused-ring (bicyclic) bond motifs is 1. The third-order valence-corrected chi connectivity index (χ3v) is 4.89. The third kappa shape index (κ3) is 2.54. The van der Waals surface area contributed by atoms with E-state index in [1.165, 1.54) is 0 Å². The molecule has 0 N–H and O–H groups in total. The number of carbonyl (C=O) groups excluding carboxylic acids is 2. The lowest BCUT2D eigenvalue weighted by Crippen LogP contribution is -2.39. The van der Waals surface area contributed by atoms with E-state index in [1.54, 1.807) is 36.9 Å². The molecule has 0 spiro atoms. The van der Waals surface area contributed by atoms with Crippen molar-refractivity contribution in [1.29, 1.82) is 0 Å². The van der Waals surface area contributed by atoms with Gasteiger partial charge in [0.1, 0.15) is 0 Å². The fourth-order valence-electron chi connectivity index (χ4n) is 3.73. The van der Waals surface area contributed by atoms with Crippen molar-refractivity contribution in [3.63, 3.8) is 0 Å². The molecule has 0 saturated carbocycles. The molecule has 2 amide bonds. The van der Waals surface area contributed by atoms with Crippen LogP contribution in [-0.2, 0) is 11.3 Å². The largest absolute Gasteiger partial charge is 0.333 e. The second kappa shape index (κ2) is 6.03. The fourth-order valence-corrected chi connectivity index (χ4v) is 3.73. The number of likely N-dealkylation sites (tertiary alicyclic amines) is 2. The number of aromatic nitrogens is 2. The van der Waals surface area contributed by atoms with Crippen LogP contribution < -0.4 is 0 Å². The summed E-state index contributed by atoms with van der Waals surface area (Å²) in [6, 6.07) is 7.45. The van der Waals surface area contributed by atoms with Crippen LogP contribution in [0.4, 0.5) is 0 Å². The van der Waals surface area contributed by atoms with Crippen LogP contribution in [0.2, 0.25) is 0 Å². The normalized spacial score (nSPS) is 22.8. The summed E-state index contributed by atoms with van der Waals surface area (Å²) in [6.07, 6.45) is 7.94. The van der Waals surface area contributed by atoms with Crippen LogP contribution in [0.25, 0.3) is 0 Å². The van der Waals surface area contributed by atoms with Crippen LogP contribution in [0.3, 0.4) is 0 Å². The molecular weight excluding hydrogens is 304 g/mol. The highest BCUT2D eigenvalue weighted by Crippen LogP contribution is 2.34. The maximum Gasteiger partial charge on any atom is 0.255 e. The van der Waals surface area contributed by atoms with Crippen LogP contribution in [0.5, 0.6) is 0 Å². The molecule has 2 saturated heterocycles. The van der Waals surface area contributed by atoms with Crippen molar-refractivity contribution in [3.05, 3.63) is 60.2 Å². The summed E-state index contributed by atoms with van der Waals surface area (Å²) in [6.45, 7) is 1.26. The van der Waals surface area contributed by atoms with Gasteiger partial charge < -0.3 is 9.80 Å². The van der Waals surface area contributed by atoms with E-state index in [4.69, 9.17) is 0 Å². The lowest BCUT2D eigenvalue weighted by molar-refractivity contribution is -0.129. The first kappa shape index (κ1) is 14.8. The summed E-state index contributed by atoms with van der Waals surface area (Å²) in [7, 11) is 0. The van der Waals surface area contributed by atoms with Gasteiger partial charge in [-0.3, -0.25) is 19.6 Å². The average molecular weight is 322 g/mol. The Morgan fingerprint density at radius 1 is 1.12 bits per heavy atom. The Labute approximate surface area is 140 Å². The van der Waals surface area contributed by atoms with Crippen molar-refractivity contribution < 1.29 is 9.59 Å². The molecule has 24 heavy (non-hydrogen) atoms. The Morgan fingerprint density at radius 2 is 1.96 bits per heavy atom. The smallest absolute Gasteiger partial charge is 0.255 e. The highest BCUT2D eigenvalue weighted by atomic mass is 16.2. The zero-order chi connectivity index (χ0) is 16.5. The minimum Gasteiger partial charge on any atom is -0.333 e. The Bertz CT molecular complexity index is 750. The van der Waals surface area contributed by atoms with Crippen molar-refractivity contribution in [1.82, 2.24) is 19.8 Å². The molecule has 6 heteroatoms. The molecule has 122 valence electrons. The zero-order valence-electron chi connectivity index (χ0n) is 13.2. The Kier molecular flexibility index (Phi) is 3.72. The van der Waals surface area contributed by atoms with Gasteiger partial charge in [0, 0.05) is 44.3 Å². The highest BCUT2D eigenvalue weighted by molar-refractivity contribution is 5.95. The van der Waals surface area contributed by atoms with Crippen molar-refractivity contribution in [2.24, 2.45) is 0 Å². The summed E-state index contributed by atoms with van der Waals surface area (Å²) in [5.74, 6) is 0.0830. The summed E-state index contributed by atoms with van der Waals surface area (Å²) >= 11 is 0. The van der Waals surface area contributed by atoms with Crippen LogP contribution in [0.1, 0.15) is 28.8 Å². The second-order valence-electron chi connectivity index (χ2n) is 6.24. The minimum absolute atomic E-state index is 0.0332. The molecule has 4 heterocycles. The van der Waals surface area contributed by atoms with Gasteiger partial charge in [0.2, 0.25) is 5.91 Å². The summed E-state index contributed by atoms with van der Waals surface area (Å²) in [4.78, 5) is 36.9. The molecule has 2 aromatic rings. The topological polar surface area (TPSA) is 66.4 Å². The molecular formula is C18H18N4O2. The number of hydrogen-bond donors (Lipinski definition) is 0. The molecule has 2 fully saturated rings. The summed E-state index contributed by atoms with van der Waals surface area (Å²) in [5, 5.41) is 0. The summed E-state index contributed by atoms with van der Waals surface area (Å²) < 4.78 is 0. The quantitative estimate of drug-likeness (QED) is 0.859. The Hall–Kier alpha value is -2.76. The van der Waals surface area contributed by atoms with Gasteiger partial charge in [-0.1, -0.05) is 0 Å². The molecule has 0 radical (unpaired) electrons. The van der Waals surface area contributed by atoms with Crippen LogP contribution in [0, 0.1) is 0 Å². The molecule has 0 bridgehead atoms. The lowest BCUT2D eigenvalue weighted by Gasteiger charge is -2.25. The van der Waals surface area contributed by atoms with Gasteiger partial charge >= 0.3 is 0 Å². The molecule has 2 aromatic heterocycles. The molecule has 4 rings (SSSR count). The standard InChI is InChI=1S/C18H18N4O2/c23-17-10-16-15(22(17)12-13-3-7-19-8-4-13)5-9-21(16)18(24)14-2-1-6-20-11-14/h1-4,6-8,11,15-16H,5,9-10,12H2/t15-,16+/m0/s1. The van der Waals surface area contributed by atoms with Gasteiger partial charge in [-0.25, -0.2) is 0 Å². The van der Waals surface area contributed by atoms with E-state index < -0.39 is 0 Å². The number of amides is 2. The van der Waals surface area contributed by atoms with E-state index in [0.29, 0.717) is 25.1 Å². The van der Waals surface area contributed by atoms with Gasteiger partial charge in [-0.05, 0) is 36.2 Å². The second-order valence-corrected chi connectivity index (χ2v) is 6.24. The minimum atomic E-state index is -0.0351. The van der Waals surface area contributed by atoms with Crippen molar-refractivity contribution in [2.75, 3.05) is 6.54 Å². The predicted molar refractivity (Wildman–Crippen MR) is 86.9 cm³/mol. The molecule has 6 nitrogen and oxygen atoms in total. The van der Waals surface area contributed by atoms with Crippen LogP contribution >= 0.6 is 0 Å². The summed E-state index contributed by atoms with van der Waals surface area (Å²) in [5.41, 5.74) is 1.65. The SMILES string of the molecule is O=C(c1cccnc1)N1CC[C@H]2[C@H]1CC(=O)N2Cc1ccncc1. The van der Waals surface area contributed by atoms with E-state index in [9.17, 15) is 9.59 Å². The van der Waals surface area contributed by atoms with Gasteiger partial charge in [0.15, 0.2) is 0 Å². The number of nitrogens with zero attached hydrogens (tertiary/aromatic N) is 4. The first-order chi connectivity index (χ1) is 11.7. The zero-order valence-corrected chi connectivity index (χ0v) is 13.2. The first-order valence-electron chi connectivity index (χ1n) is 8.13.